The zero-order chi connectivity index (χ0) is 23.0. The van der Waals surface area contributed by atoms with Crippen molar-refractivity contribution in [2.24, 2.45) is 16.2 Å². The fourth-order valence-electron chi connectivity index (χ4n) is 2.83. The van der Waals surface area contributed by atoms with E-state index in [-0.39, 0.29) is 6.42 Å². The summed E-state index contributed by atoms with van der Waals surface area (Å²) in [7, 11) is 0. The van der Waals surface area contributed by atoms with Gasteiger partial charge in [-0.3, -0.25) is 4.79 Å². The molecule has 0 aliphatic rings. The number of carbonyl (C=O) groups excluding carboxylic acids is 1. The SMILES string of the molecule is CCC(C)(C)C(C)(CC(C)(C)C)C(=O)OCC(F)(F)C(F)(F)C(F)(F)C(F)F. The summed E-state index contributed by atoms with van der Waals surface area (Å²) in [5, 5.41) is 0. The van der Waals surface area contributed by atoms with E-state index < -0.39 is 53.0 Å². The summed E-state index contributed by atoms with van der Waals surface area (Å²) in [6, 6.07) is 0. The van der Waals surface area contributed by atoms with Crippen LogP contribution in [0.15, 0.2) is 0 Å². The van der Waals surface area contributed by atoms with E-state index in [9.17, 15) is 39.9 Å². The quantitative estimate of drug-likeness (QED) is 0.306. The highest BCUT2D eigenvalue weighted by molar-refractivity contribution is 5.77. The highest BCUT2D eigenvalue weighted by Crippen LogP contribution is 2.51. The number of alkyl halides is 8. The maximum absolute atomic E-state index is 13.7. The Morgan fingerprint density at radius 3 is 1.64 bits per heavy atom. The van der Waals surface area contributed by atoms with Crippen LogP contribution in [0.25, 0.3) is 0 Å². The van der Waals surface area contributed by atoms with E-state index in [1.165, 1.54) is 6.92 Å². The second-order valence-corrected chi connectivity index (χ2v) is 9.09. The van der Waals surface area contributed by atoms with Crippen LogP contribution in [0.1, 0.15) is 61.3 Å². The number of rotatable bonds is 9. The van der Waals surface area contributed by atoms with Gasteiger partial charge in [0.2, 0.25) is 0 Å². The molecule has 0 aromatic rings. The second-order valence-electron chi connectivity index (χ2n) is 9.09. The molecule has 2 nitrogen and oxygen atoms in total. The molecule has 0 saturated carbocycles. The van der Waals surface area contributed by atoms with Gasteiger partial charge in [-0.15, -0.1) is 0 Å². The molecule has 0 spiro atoms. The molecule has 0 heterocycles. The lowest BCUT2D eigenvalue weighted by Crippen LogP contribution is -2.59. The third-order valence-corrected chi connectivity index (χ3v) is 5.25. The van der Waals surface area contributed by atoms with Crippen molar-refractivity contribution in [3.05, 3.63) is 0 Å². The summed E-state index contributed by atoms with van der Waals surface area (Å²) < 4.78 is 109. The van der Waals surface area contributed by atoms with Crippen LogP contribution in [-0.4, -0.2) is 36.8 Å². The molecule has 0 N–H and O–H groups in total. The first-order chi connectivity index (χ1) is 12.1. The summed E-state index contributed by atoms with van der Waals surface area (Å²) in [5.74, 6) is -19.7. The van der Waals surface area contributed by atoms with Crippen LogP contribution in [-0.2, 0) is 9.53 Å². The molecule has 168 valence electrons. The van der Waals surface area contributed by atoms with E-state index in [1.807, 2.05) is 0 Å². The van der Waals surface area contributed by atoms with Crippen molar-refractivity contribution in [2.45, 2.75) is 85.5 Å². The molecule has 0 bridgehead atoms. The van der Waals surface area contributed by atoms with Gasteiger partial charge in [0.15, 0.2) is 6.61 Å². The molecule has 0 aliphatic carbocycles. The van der Waals surface area contributed by atoms with E-state index in [2.05, 4.69) is 4.74 Å². The van der Waals surface area contributed by atoms with Gasteiger partial charge in [0.1, 0.15) is 0 Å². The second kappa shape index (κ2) is 7.97. The average Bonchev–Trinajstić information content (AvgIpc) is 2.49. The van der Waals surface area contributed by atoms with E-state index in [1.54, 1.807) is 41.5 Å². The van der Waals surface area contributed by atoms with Gasteiger partial charge in [-0.2, -0.15) is 26.3 Å². The Bertz CT molecular complexity index is 552. The van der Waals surface area contributed by atoms with Crippen molar-refractivity contribution >= 4 is 5.97 Å². The summed E-state index contributed by atoms with van der Waals surface area (Å²) >= 11 is 0. The van der Waals surface area contributed by atoms with Crippen LogP contribution in [0.5, 0.6) is 0 Å². The van der Waals surface area contributed by atoms with Gasteiger partial charge < -0.3 is 4.74 Å². The molecule has 28 heavy (non-hydrogen) atoms. The predicted molar refractivity (Wildman–Crippen MR) is 88.1 cm³/mol. The standard InChI is InChI=1S/C18H28F8O2/c1-8-14(5,6)15(7,9-13(2,3)4)12(27)28-10-16(21,22)18(25,26)17(23,24)11(19)20/h11H,8-10H2,1-7H3. The van der Waals surface area contributed by atoms with Crippen LogP contribution < -0.4 is 0 Å². The summed E-state index contributed by atoms with van der Waals surface area (Å²) in [4.78, 5) is 12.6. The van der Waals surface area contributed by atoms with Crippen molar-refractivity contribution in [3.63, 3.8) is 0 Å². The summed E-state index contributed by atoms with van der Waals surface area (Å²) in [6.45, 7) is 9.27. The predicted octanol–water partition coefficient (Wildman–Crippen LogP) is 6.58. The Kier molecular flexibility index (Phi) is 7.66. The van der Waals surface area contributed by atoms with Crippen LogP contribution >= 0.6 is 0 Å². The first-order valence-electron chi connectivity index (χ1n) is 8.68. The average molecular weight is 428 g/mol. The minimum Gasteiger partial charge on any atom is -0.459 e. The lowest BCUT2D eigenvalue weighted by atomic mass is 9.59. The largest absolute Gasteiger partial charge is 0.459 e. The fourth-order valence-corrected chi connectivity index (χ4v) is 2.83. The summed E-state index contributed by atoms with van der Waals surface area (Å²) in [6.07, 6.45) is -4.51. The minimum atomic E-state index is -6.41. The molecule has 0 saturated heterocycles. The molecule has 0 fully saturated rings. The normalized spacial score (nSPS) is 16.9. The molecule has 1 unspecified atom stereocenters. The molecular weight excluding hydrogens is 400 g/mol. The van der Waals surface area contributed by atoms with E-state index in [0.29, 0.717) is 6.42 Å². The number of halogens is 8. The number of carbonyl (C=O) groups is 1. The van der Waals surface area contributed by atoms with Gasteiger partial charge in [0.25, 0.3) is 0 Å². The van der Waals surface area contributed by atoms with E-state index in [4.69, 9.17) is 0 Å². The fraction of sp³-hybridized carbons (Fsp3) is 0.944. The van der Waals surface area contributed by atoms with Crippen molar-refractivity contribution in [1.82, 2.24) is 0 Å². The smallest absolute Gasteiger partial charge is 0.381 e. The van der Waals surface area contributed by atoms with Crippen LogP contribution in [0.4, 0.5) is 35.1 Å². The van der Waals surface area contributed by atoms with Crippen LogP contribution in [0, 0.1) is 16.2 Å². The Hall–Kier alpha value is -1.09. The number of esters is 1. The van der Waals surface area contributed by atoms with Gasteiger partial charge in [-0.05, 0) is 30.6 Å². The Morgan fingerprint density at radius 2 is 1.32 bits per heavy atom. The first kappa shape index (κ1) is 26.9. The Balaban J connectivity index is 5.73. The van der Waals surface area contributed by atoms with E-state index >= 15 is 0 Å². The van der Waals surface area contributed by atoms with Gasteiger partial charge in [0, 0.05) is 0 Å². The highest BCUT2D eigenvalue weighted by Gasteiger charge is 2.75. The maximum atomic E-state index is 13.7. The minimum absolute atomic E-state index is 0.120. The third-order valence-electron chi connectivity index (χ3n) is 5.25. The number of ether oxygens (including phenoxy) is 1. The molecule has 0 radical (unpaired) electrons. The van der Waals surface area contributed by atoms with Gasteiger partial charge in [0.05, 0.1) is 5.41 Å². The first-order valence-corrected chi connectivity index (χ1v) is 8.68. The van der Waals surface area contributed by atoms with Crippen LogP contribution in [0.3, 0.4) is 0 Å². The van der Waals surface area contributed by atoms with E-state index in [0.717, 1.165) is 0 Å². The zero-order valence-corrected chi connectivity index (χ0v) is 17.0. The Morgan fingerprint density at radius 1 is 0.893 bits per heavy atom. The van der Waals surface area contributed by atoms with Crippen molar-refractivity contribution in [1.29, 1.82) is 0 Å². The molecule has 1 atom stereocenters. The Labute approximate surface area is 160 Å². The molecule has 0 aliphatic heterocycles. The van der Waals surface area contributed by atoms with Crippen molar-refractivity contribution in [3.8, 4) is 0 Å². The molecule has 0 aromatic carbocycles. The third kappa shape index (κ3) is 5.09. The molecule has 0 rings (SSSR count). The monoisotopic (exact) mass is 428 g/mol. The van der Waals surface area contributed by atoms with Crippen molar-refractivity contribution < 1.29 is 44.7 Å². The highest BCUT2D eigenvalue weighted by atomic mass is 19.4. The van der Waals surface area contributed by atoms with Gasteiger partial charge in [-0.1, -0.05) is 41.5 Å². The number of hydrogen-bond donors (Lipinski definition) is 0. The van der Waals surface area contributed by atoms with Crippen molar-refractivity contribution in [2.75, 3.05) is 6.61 Å². The molecule has 0 amide bonds. The van der Waals surface area contributed by atoms with Gasteiger partial charge in [-0.25, -0.2) is 8.78 Å². The lowest BCUT2D eigenvalue weighted by Gasteiger charge is -2.45. The summed E-state index contributed by atoms with van der Waals surface area (Å²) in [5.41, 5.74) is -2.73. The zero-order valence-electron chi connectivity index (χ0n) is 17.0. The lowest BCUT2D eigenvalue weighted by molar-refractivity contribution is -0.344. The molecule has 0 aromatic heterocycles. The van der Waals surface area contributed by atoms with Gasteiger partial charge >= 0.3 is 30.2 Å². The molecule has 10 heteroatoms. The van der Waals surface area contributed by atoms with Crippen LogP contribution in [0.2, 0.25) is 0 Å². The maximum Gasteiger partial charge on any atom is 0.381 e. The topological polar surface area (TPSA) is 26.3 Å². The molecular formula is C18H28F8O2. The number of hydrogen-bond acceptors (Lipinski definition) is 2.